The first-order chi connectivity index (χ1) is 7.34. The molecule has 2 atom stereocenters. The Labute approximate surface area is 95.3 Å². The maximum absolute atomic E-state index is 4.26. The maximum Gasteiger partial charge on any atom is 0.0795 e. The summed E-state index contributed by atoms with van der Waals surface area (Å²) in [7, 11) is 0. The van der Waals surface area contributed by atoms with Crippen LogP contribution < -0.4 is 10.6 Å². The largest absolute Gasteiger partial charge is 0.314 e. The van der Waals surface area contributed by atoms with Gasteiger partial charge in [0.25, 0.3) is 0 Å². The number of aromatic nitrogens is 1. The van der Waals surface area contributed by atoms with Crippen molar-refractivity contribution in [2.45, 2.75) is 32.4 Å². The van der Waals surface area contributed by atoms with Gasteiger partial charge in [0.2, 0.25) is 0 Å². The molecule has 84 valence electrons. The lowest BCUT2D eigenvalue weighted by atomic mass is 9.93. The molecule has 1 saturated heterocycles. The van der Waals surface area contributed by atoms with Gasteiger partial charge in [-0.1, -0.05) is 0 Å². The second kappa shape index (κ2) is 5.58. The quantitative estimate of drug-likeness (QED) is 0.817. The fourth-order valence-electron chi connectivity index (χ4n) is 2.15. The number of hydrogen-bond donors (Lipinski definition) is 2. The van der Waals surface area contributed by atoms with Crippen molar-refractivity contribution in [1.82, 2.24) is 15.6 Å². The summed E-state index contributed by atoms with van der Waals surface area (Å²) in [5.41, 5.74) is 3.06. The van der Waals surface area contributed by atoms with Crippen molar-refractivity contribution in [3.63, 3.8) is 0 Å². The molecule has 1 aliphatic rings. The van der Waals surface area contributed by atoms with E-state index in [2.05, 4.69) is 27.9 Å². The van der Waals surface area contributed by atoms with E-state index < -0.39 is 0 Å². The first-order valence-corrected chi connectivity index (χ1v) is 6.60. The van der Waals surface area contributed by atoms with E-state index in [1.54, 1.807) is 11.3 Å². The Hall–Kier alpha value is -0.450. The minimum absolute atomic E-state index is 0.685. The average molecular weight is 225 g/mol. The molecule has 3 nitrogen and oxygen atoms in total. The lowest BCUT2D eigenvalue weighted by Gasteiger charge is -2.28. The van der Waals surface area contributed by atoms with Gasteiger partial charge in [0, 0.05) is 18.0 Å². The molecule has 2 N–H and O–H groups in total. The maximum atomic E-state index is 4.26. The van der Waals surface area contributed by atoms with Crippen molar-refractivity contribution in [2.75, 3.05) is 13.1 Å². The van der Waals surface area contributed by atoms with Gasteiger partial charge in [-0.25, -0.2) is 4.98 Å². The van der Waals surface area contributed by atoms with Crippen LogP contribution in [0.1, 0.15) is 25.5 Å². The van der Waals surface area contributed by atoms with E-state index in [1.165, 1.54) is 25.1 Å². The molecule has 0 radical (unpaired) electrons. The van der Waals surface area contributed by atoms with Crippen molar-refractivity contribution in [1.29, 1.82) is 0 Å². The Morgan fingerprint density at radius 2 is 2.60 bits per heavy atom. The van der Waals surface area contributed by atoms with E-state index in [9.17, 15) is 0 Å². The van der Waals surface area contributed by atoms with Gasteiger partial charge in [0.05, 0.1) is 11.2 Å². The summed E-state index contributed by atoms with van der Waals surface area (Å²) in [6.45, 7) is 5.49. The Balaban J connectivity index is 1.65. The zero-order valence-electron chi connectivity index (χ0n) is 9.20. The zero-order valence-corrected chi connectivity index (χ0v) is 10.0. The van der Waals surface area contributed by atoms with Gasteiger partial charge in [0.15, 0.2) is 0 Å². The van der Waals surface area contributed by atoms with Crippen LogP contribution in [0.3, 0.4) is 0 Å². The molecule has 0 aromatic carbocycles. The summed E-state index contributed by atoms with van der Waals surface area (Å²) >= 11 is 1.66. The average Bonchev–Trinajstić information content (AvgIpc) is 2.71. The zero-order chi connectivity index (χ0) is 10.5. The molecule has 2 rings (SSSR count). The first-order valence-electron chi connectivity index (χ1n) is 5.66. The van der Waals surface area contributed by atoms with Crippen LogP contribution in [0, 0.1) is 5.92 Å². The van der Waals surface area contributed by atoms with Crippen LogP contribution in [0.5, 0.6) is 0 Å². The Bertz CT molecular complexity index is 273. The minimum Gasteiger partial charge on any atom is -0.314 e. The van der Waals surface area contributed by atoms with E-state index in [1.807, 2.05) is 5.51 Å². The summed E-state index contributed by atoms with van der Waals surface area (Å²) in [6, 6.07) is 0.685. The molecular formula is C11H19N3S. The molecule has 0 amide bonds. The number of thiazole rings is 1. The van der Waals surface area contributed by atoms with Crippen LogP contribution in [-0.4, -0.2) is 24.1 Å². The number of piperidine rings is 1. The van der Waals surface area contributed by atoms with Crippen LogP contribution in [0.25, 0.3) is 0 Å². The Morgan fingerprint density at radius 3 is 3.33 bits per heavy atom. The SMILES string of the molecule is CC1CC(CNCc2cscn2)CCN1. The predicted octanol–water partition coefficient (Wildman–Crippen LogP) is 1.62. The molecule has 2 heterocycles. The van der Waals surface area contributed by atoms with E-state index in [4.69, 9.17) is 0 Å². The molecule has 1 fully saturated rings. The minimum atomic E-state index is 0.685. The van der Waals surface area contributed by atoms with Crippen molar-refractivity contribution < 1.29 is 0 Å². The summed E-state index contributed by atoms with van der Waals surface area (Å²) in [6.07, 6.45) is 2.60. The highest BCUT2D eigenvalue weighted by molar-refractivity contribution is 7.07. The third kappa shape index (κ3) is 3.55. The molecule has 0 spiro atoms. The van der Waals surface area contributed by atoms with E-state index >= 15 is 0 Å². The summed E-state index contributed by atoms with van der Waals surface area (Å²) < 4.78 is 0. The van der Waals surface area contributed by atoms with Crippen LogP contribution in [-0.2, 0) is 6.54 Å². The van der Waals surface area contributed by atoms with E-state index in [-0.39, 0.29) is 0 Å². The molecule has 0 bridgehead atoms. The van der Waals surface area contributed by atoms with Crippen molar-refractivity contribution in [3.8, 4) is 0 Å². The van der Waals surface area contributed by atoms with Crippen molar-refractivity contribution in [3.05, 3.63) is 16.6 Å². The molecular weight excluding hydrogens is 206 g/mol. The van der Waals surface area contributed by atoms with E-state index in [0.29, 0.717) is 6.04 Å². The Morgan fingerprint density at radius 1 is 1.67 bits per heavy atom. The highest BCUT2D eigenvalue weighted by atomic mass is 32.1. The number of hydrogen-bond acceptors (Lipinski definition) is 4. The third-order valence-electron chi connectivity index (χ3n) is 2.95. The van der Waals surface area contributed by atoms with Crippen molar-refractivity contribution >= 4 is 11.3 Å². The van der Waals surface area contributed by atoms with Crippen molar-refractivity contribution in [2.24, 2.45) is 5.92 Å². The molecule has 0 saturated carbocycles. The topological polar surface area (TPSA) is 37.0 Å². The fourth-order valence-corrected chi connectivity index (χ4v) is 2.71. The number of nitrogens with zero attached hydrogens (tertiary/aromatic N) is 1. The first kappa shape index (κ1) is 11.0. The van der Waals surface area contributed by atoms with E-state index in [0.717, 1.165) is 19.0 Å². The molecule has 1 aromatic heterocycles. The second-order valence-electron chi connectivity index (χ2n) is 4.36. The second-order valence-corrected chi connectivity index (χ2v) is 5.07. The lowest BCUT2D eigenvalue weighted by molar-refractivity contribution is 0.304. The fraction of sp³-hybridized carbons (Fsp3) is 0.727. The van der Waals surface area contributed by atoms with Gasteiger partial charge in [-0.2, -0.15) is 0 Å². The van der Waals surface area contributed by atoms with Crippen LogP contribution >= 0.6 is 11.3 Å². The van der Waals surface area contributed by atoms with Crippen LogP contribution in [0.2, 0.25) is 0 Å². The molecule has 15 heavy (non-hydrogen) atoms. The molecule has 2 unspecified atom stereocenters. The summed E-state index contributed by atoms with van der Waals surface area (Å²) in [5, 5.41) is 9.08. The molecule has 1 aromatic rings. The smallest absolute Gasteiger partial charge is 0.0795 e. The molecule has 4 heteroatoms. The monoisotopic (exact) mass is 225 g/mol. The molecule has 0 aliphatic carbocycles. The van der Waals surface area contributed by atoms with Gasteiger partial charge >= 0.3 is 0 Å². The summed E-state index contributed by atoms with van der Waals surface area (Å²) in [5.74, 6) is 0.833. The lowest BCUT2D eigenvalue weighted by Crippen LogP contribution is -2.39. The van der Waals surface area contributed by atoms with Gasteiger partial charge in [-0.3, -0.25) is 0 Å². The normalized spacial score (nSPS) is 26.7. The van der Waals surface area contributed by atoms with Gasteiger partial charge < -0.3 is 10.6 Å². The van der Waals surface area contributed by atoms with Crippen LogP contribution in [0.4, 0.5) is 0 Å². The third-order valence-corrected chi connectivity index (χ3v) is 3.59. The number of nitrogens with one attached hydrogen (secondary N) is 2. The molecule has 1 aliphatic heterocycles. The van der Waals surface area contributed by atoms with Gasteiger partial charge in [-0.15, -0.1) is 11.3 Å². The Kier molecular flexibility index (Phi) is 4.11. The van der Waals surface area contributed by atoms with Crippen LogP contribution in [0.15, 0.2) is 10.9 Å². The summed E-state index contributed by atoms with van der Waals surface area (Å²) in [4.78, 5) is 4.26. The number of rotatable bonds is 4. The standard InChI is InChI=1S/C11H19N3S/c1-9-4-10(2-3-13-9)5-12-6-11-7-15-8-14-11/h7-10,12-13H,2-6H2,1H3. The highest BCUT2D eigenvalue weighted by Crippen LogP contribution is 2.14. The van der Waals surface area contributed by atoms with Gasteiger partial charge in [-0.05, 0) is 38.8 Å². The predicted molar refractivity (Wildman–Crippen MR) is 64.0 cm³/mol. The highest BCUT2D eigenvalue weighted by Gasteiger charge is 2.17. The van der Waals surface area contributed by atoms with Gasteiger partial charge in [0.1, 0.15) is 0 Å².